The molecule has 164 valence electrons. The van der Waals surface area contributed by atoms with E-state index in [1.807, 2.05) is 42.8 Å². The topological polar surface area (TPSA) is 76.4 Å². The third-order valence-electron chi connectivity index (χ3n) is 5.28. The predicted molar refractivity (Wildman–Crippen MR) is 131 cm³/mol. The molecule has 1 heterocycles. The van der Waals surface area contributed by atoms with Crippen molar-refractivity contribution in [1.29, 1.82) is 0 Å². The highest BCUT2D eigenvalue weighted by molar-refractivity contribution is 14.0. The molecule has 0 radical (unpaired) electrons. The van der Waals surface area contributed by atoms with Crippen LogP contribution in [0.4, 0.5) is 0 Å². The Morgan fingerprint density at radius 1 is 1.27 bits per heavy atom. The van der Waals surface area contributed by atoms with Gasteiger partial charge in [0.1, 0.15) is 18.2 Å². The number of ether oxygens (including phenoxy) is 1. The molecule has 0 atom stereocenters. The number of halogens is 1. The number of nitrogens with one attached hydrogen (secondary N) is 2. The molecule has 0 spiro atoms. The van der Waals surface area contributed by atoms with E-state index in [1.54, 1.807) is 6.08 Å². The average molecular weight is 524 g/mol. The maximum Gasteiger partial charge on any atom is 0.192 e. The zero-order chi connectivity index (χ0) is 20.5. The Labute approximate surface area is 196 Å². The lowest BCUT2D eigenvalue weighted by Gasteiger charge is -2.25. The number of rotatable bonds is 8. The zero-order valence-corrected chi connectivity index (χ0v) is 20.3. The number of aryl methyl sites for hydroxylation is 1. The summed E-state index contributed by atoms with van der Waals surface area (Å²) in [4.78, 5) is 4.84. The van der Waals surface area contributed by atoms with Gasteiger partial charge >= 0.3 is 0 Å². The van der Waals surface area contributed by atoms with Gasteiger partial charge in [-0.1, -0.05) is 50.1 Å². The molecule has 2 aromatic rings. The minimum absolute atomic E-state index is 0. The molecule has 1 aliphatic rings. The molecule has 1 aromatic heterocycles. The number of hydrogen-bond donors (Lipinski definition) is 2. The molecule has 3 rings (SSSR count). The SMILES string of the molecule is C=CCOc1ccccc1CN=C(NCc1nnc(C)n1C)NC1CCCCC1.I. The predicted octanol–water partition coefficient (Wildman–Crippen LogP) is 3.87. The Kier molecular flexibility index (Phi) is 10.1. The molecule has 0 bridgehead atoms. The van der Waals surface area contributed by atoms with Crippen LogP contribution in [0.3, 0.4) is 0 Å². The Bertz CT molecular complexity index is 829. The molecule has 1 aliphatic carbocycles. The fourth-order valence-electron chi connectivity index (χ4n) is 3.45. The lowest BCUT2D eigenvalue weighted by atomic mass is 9.96. The van der Waals surface area contributed by atoms with Crippen LogP contribution in [0.1, 0.15) is 49.3 Å². The summed E-state index contributed by atoms with van der Waals surface area (Å²) in [6, 6.07) is 8.46. The van der Waals surface area contributed by atoms with Gasteiger partial charge in [-0.2, -0.15) is 0 Å². The highest BCUT2D eigenvalue weighted by Crippen LogP contribution is 2.20. The van der Waals surface area contributed by atoms with Gasteiger partial charge in [0.2, 0.25) is 0 Å². The summed E-state index contributed by atoms with van der Waals surface area (Å²) in [6.07, 6.45) is 7.98. The lowest BCUT2D eigenvalue weighted by Crippen LogP contribution is -2.44. The minimum Gasteiger partial charge on any atom is -0.489 e. The number of guanidine groups is 1. The second-order valence-electron chi connectivity index (χ2n) is 7.43. The summed E-state index contributed by atoms with van der Waals surface area (Å²) in [5.74, 6) is 3.43. The summed E-state index contributed by atoms with van der Waals surface area (Å²) in [7, 11) is 1.98. The summed E-state index contributed by atoms with van der Waals surface area (Å²) < 4.78 is 7.76. The first kappa shape index (κ1) is 24.2. The highest BCUT2D eigenvalue weighted by Gasteiger charge is 2.15. The van der Waals surface area contributed by atoms with Gasteiger partial charge in [0, 0.05) is 18.7 Å². The number of nitrogens with zero attached hydrogens (tertiary/aromatic N) is 4. The summed E-state index contributed by atoms with van der Waals surface area (Å²) in [5.41, 5.74) is 1.05. The van der Waals surface area contributed by atoms with Crippen LogP contribution in [-0.2, 0) is 20.1 Å². The Morgan fingerprint density at radius 2 is 2.03 bits per heavy atom. The van der Waals surface area contributed by atoms with Gasteiger partial charge in [0.25, 0.3) is 0 Å². The van der Waals surface area contributed by atoms with Crippen LogP contribution in [-0.4, -0.2) is 33.4 Å². The van der Waals surface area contributed by atoms with Crippen LogP contribution in [0.2, 0.25) is 0 Å². The van der Waals surface area contributed by atoms with Crippen LogP contribution in [0.25, 0.3) is 0 Å². The van der Waals surface area contributed by atoms with E-state index in [9.17, 15) is 0 Å². The number of hydrogen-bond acceptors (Lipinski definition) is 4. The van der Waals surface area contributed by atoms with E-state index in [4.69, 9.17) is 9.73 Å². The van der Waals surface area contributed by atoms with Crippen molar-refractivity contribution in [2.24, 2.45) is 12.0 Å². The molecular formula is C22H33IN6O. The van der Waals surface area contributed by atoms with Crippen molar-refractivity contribution in [1.82, 2.24) is 25.4 Å². The van der Waals surface area contributed by atoms with E-state index < -0.39 is 0 Å². The van der Waals surface area contributed by atoms with Crippen molar-refractivity contribution >= 4 is 29.9 Å². The molecule has 1 fully saturated rings. The van der Waals surface area contributed by atoms with Crippen molar-refractivity contribution in [3.05, 3.63) is 54.1 Å². The molecule has 7 nitrogen and oxygen atoms in total. The third-order valence-corrected chi connectivity index (χ3v) is 5.28. The van der Waals surface area contributed by atoms with Crippen LogP contribution in [0.15, 0.2) is 41.9 Å². The Balaban J connectivity index is 0.00000320. The number of para-hydroxylation sites is 1. The normalized spacial score (nSPS) is 14.7. The third kappa shape index (κ3) is 7.00. The molecule has 2 N–H and O–H groups in total. The van der Waals surface area contributed by atoms with Gasteiger partial charge in [-0.05, 0) is 25.8 Å². The fourth-order valence-corrected chi connectivity index (χ4v) is 3.45. The zero-order valence-electron chi connectivity index (χ0n) is 17.9. The second kappa shape index (κ2) is 12.6. The molecule has 30 heavy (non-hydrogen) atoms. The van der Waals surface area contributed by atoms with Gasteiger partial charge in [-0.15, -0.1) is 34.2 Å². The summed E-state index contributed by atoms with van der Waals surface area (Å²) in [6.45, 7) is 7.26. The summed E-state index contributed by atoms with van der Waals surface area (Å²) in [5, 5.41) is 15.4. The Morgan fingerprint density at radius 3 is 2.73 bits per heavy atom. The van der Waals surface area contributed by atoms with E-state index >= 15 is 0 Å². The standard InChI is InChI=1S/C22H32N6O.HI/c1-4-14-29-20-13-9-8-10-18(20)15-23-22(25-19-11-6-5-7-12-19)24-16-21-27-26-17(2)28(21)3;/h4,8-10,13,19H,1,5-7,11-12,14-16H2,2-3H3,(H2,23,24,25);1H. The first-order valence-corrected chi connectivity index (χ1v) is 10.4. The van der Waals surface area contributed by atoms with Gasteiger partial charge in [-0.25, -0.2) is 4.99 Å². The maximum atomic E-state index is 5.77. The first-order chi connectivity index (χ1) is 14.2. The molecule has 0 aliphatic heterocycles. The van der Waals surface area contributed by atoms with E-state index in [1.165, 1.54) is 32.1 Å². The van der Waals surface area contributed by atoms with Crippen LogP contribution in [0.5, 0.6) is 5.75 Å². The van der Waals surface area contributed by atoms with Crippen molar-refractivity contribution in [3.63, 3.8) is 0 Å². The maximum absolute atomic E-state index is 5.77. The number of aromatic nitrogens is 3. The molecule has 1 aromatic carbocycles. The van der Waals surface area contributed by atoms with E-state index in [0.717, 1.165) is 28.9 Å². The highest BCUT2D eigenvalue weighted by atomic mass is 127. The van der Waals surface area contributed by atoms with E-state index in [0.29, 0.717) is 25.7 Å². The molecule has 8 heteroatoms. The van der Waals surface area contributed by atoms with E-state index in [-0.39, 0.29) is 24.0 Å². The summed E-state index contributed by atoms with van der Waals surface area (Å²) >= 11 is 0. The van der Waals surface area contributed by atoms with Crippen LogP contribution in [0, 0.1) is 6.92 Å². The van der Waals surface area contributed by atoms with Crippen molar-refractivity contribution < 1.29 is 4.74 Å². The van der Waals surface area contributed by atoms with Gasteiger partial charge < -0.3 is 19.9 Å². The number of benzene rings is 1. The Hall–Kier alpha value is -2.10. The largest absolute Gasteiger partial charge is 0.489 e. The van der Waals surface area contributed by atoms with Gasteiger partial charge in [-0.3, -0.25) is 0 Å². The lowest BCUT2D eigenvalue weighted by molar-refractivity contribution is 0.359. The van der Waals surface area contributed by atoms with Crippen molar-refractivity contribution in [2.45, 2.75) is 58.2 Å². The van der Waals surface area contributed by atoms with Gasteiger partial charge in [0.15, 0.2) is 11.8 Å². The van der Waals surface area contributed by atoms with Gasteiger partial charge in [0.05, 0.1) is 13.1 Å². The van der Waals surface area contributed by atoms with Crippen molar-refractivity contribution in [3.8, 4) is 5.75 Å². The second-order valence-corrected chi connectivity index (χ2v) is 7.43. The molecule has 0 unspecified atom stereocenters. The quantitative estimate of drug-likeness (QED) is 0.237. The van der Waals surface area contributed by atoms with Crippen molar-refractivity contribution in [2.75, 3.05) is 6.61 Å². The number of aliphatic imine (C=N–C) groups is 1. The first-order valence-electron chi connectivity index (χ1n) is 10.4. The molecule has 0 amide bonds. The van der Waals surface area contributed by atoms with Crippen LogP contribution < -0.4 is 15.4 Å². The minimum atomic E-state index is 0. The van der Waals surface area contributed by atoms with Crippen LogP contribution >= 0.6 is 24.0 Å². The molecular weight excluding hydrogens is 491 g/mol. The average Bonchev–Trinajstić information content (AvgIpc) is 3.07. The molecule has 0 saturated heterocycles. The fraction of sp³-hybridized carbons (Fsp3) is 0.500. The van der Waals surface area contributed by atoms with E-state index in [2.05, 4.69) is 27.4 Å². The smallest absolute Gasteiger partial charge is 0.192 e. The monoisotopic (exact) mass is 524 g/mol. The molecule has 1 saturated carbocycles.